The van der Waals surface area contributed by atoms with Gasteiger partial charge in [0.05, 0.1) is 5.56 Å². The van der Waals surface area contributed by atoms with Crippen LogP contribution in [0, 0.1) is 5.92 Å². The van der Waals surface area contributed by atoms with Gasteiger partial charge >= 0.3 is 0 Å². The highest BCUT2D eigenvalue weighted by Crippen LogP contribution is 2.23. The molecule has 1 fully saturated rings. The highest BCUT2D eigenvalue weighted by atomic mass is 16.2. The van der Waals surface area contributed by atoms with Crippen molar-refractivity contribution in [3.8, 4) is 0 Å². The molecule has 0 radical (unpaired) electrons. The molecule has 6 heteroatoms. The highest BCUT2D eigenvalue weighted by Gasteiger charge is 2.22. The lowest BCUT2D eigenvalue weighted by Gasteiger charge is -2.29. The van der Waals surface area contributed by atoms with Crippen molar-refractivity contribution in [2.75, 3.05) is 7.05 Å². The summed E-state index contributed by atoms with van der Waals surface area (Å²) in [6.45, 7) is 2.08. The molecular formula is C16H23N3O3. The first-order valence-electron chi connectivity index (χ1n) is 7.73. The van der Waals surface area contributed by atoms with E-state index in [1.54, 1.807) is 0 Å². The van der Waals surface area contributed by atoms with Crippen LogP contribution in [0.4, 0.5) is 0 Å². The van der Waals surface area contributed by atoms with Gasteiger partial charge in [-0.05, 0) is 24.8 Å². The van der Waals surface area contributed by atoms with E-state index >= 15 is 0 Å². The van der Waals surface area contributed by atoms with E-state index < -0.39 is 0 Å². The largest absolute Gasteiger partial charge is 0.355 e. The maximum atomic E-state index is 12.2. The minimum atomic E-state index is -0.292. The summed E-state index contributed by atoms with van der Waals surface area (Å²) in [4.78, 5) is 35.6. The number of rotatable bonds is 4. The van der Waals surface area contributed by atoms with Crippen LogP contribution in [-0.4, -0.2) is 29.5 Å². The molecule has 0 aromatic carbocycles. The molecule has 120 valence electrons. The van der Waals surface area contributed by atoms with Crippen molar-refractivity contribution in [2.45, 2.75) is 45.2 Å². The Bertz CT molecular complexity index is 609. The van der Waals surface area contributed by atoms with Gasteiger partial charge in [0.15, 0.2) is 0 Å². The standard InChI is InChI=1S/C16H23N3O3/c1-11-5-3-4-6-13(11)18-14(20)10-19-9-12(16(22)17-2)7-8-15(19)21/h7-9,11,13H,3-6,10H2,1-2H3,(H,17,22)(H,18,20)/t11-,13-/m1/s1. The lowest BCUT2D eigenvalue weighted by molar-refractivity contribution is -0.123. The van der Waals surface area contributed by atoms with Gasteiger partial charge in [0.25, 0.3) is 11.5 Å². The fraction of sp³-hybridized carbons (Fsp3) is 0.562. The van der Waals surface area contributed by atoms with Crippen LogP contribution in [0.25, 0.3) is 0 Å². The number of carbonyl (C=O) groups excluding carboxylic acids is 2. The first-order valence-corrected chi connectivity index (χ1v) is 7.73. The molecule has 1 aromatic rings. The van der Waals surface area contributed by atoms with Crippen molar-refractivity contribution in [3.05, 3.63) is 34.2 Å². The molecule has 2 N–H and O–H groups in total. The monoisotopic (exact) mass is 305 g/mol. The van der Waals surface area contributed by atoms with E-state index in [0.29, 0.717) is 11.5 Å². The molecule has 6 nitrogen and oxygen atoms in total. The SMILES string of the molecule is CNC(=O)c1ccc(=O)n(CC(=O)N[C@@H]2CCCC[C@H]2C)c1. The molecule has 0 aliphatic heterocycles. The Morgan fingerprint density at radius 2 is 2.00 bits per heavy atom. The van der Waals surface area contributed by atoms with Crippen LogP contribution in [0.2, 0.25) is 0 Å². The Morgan fingerprint density at radius 3 is 2.68 bits per heavy atom. The van der Waals surface area contributed by atoms with Gasteiger partial charge in [-0.1, -0.05) is 19.8 Å². The van der Waals surface area contributed by atoms with Crippen molar-refractivity contribution >= 4 is 11.8 Å². The third kappa shape index (κ3) is 3.96. The first kappa shape index (κ1) is 16.3. The molecule has 1 saturated carbocycles. The molecule has 2 atom stereocenters. The Labute approximate surface area is 129 Å². The Balaban J connectivity index is 2.04. The van der Waals surface area contributed by atoms with Gasteiger partial charge in [0.1, 0.15) is 6.54 Å². The molecule has 0 bridgehead atoms. The Morgan fingerprint density at radius 1 is 1.27 bits per heavy atom. The molecule has 1 aliphatic carbocycles. The quantitative estimate of drug-likeness (QED) is 0.867. The van der Waals surface area contributed by atoms with E-state index in [2.05, 4.69) is 17.6 Å². The lowest BCUT2D eigenvalue weighted by atomic mass is 9.86. The number of amides is 2. The summed E-state index contributed by atoms with van der Waals surface area (Å²) < 4.78 is 1.27. The minimum Gasteiger partial charge on any atom is -0.355 e. The third-order valence-electron chi connectivity index (χ3n) is 4.24. The van der Waals surface area contributed by atoms with E-state index in [0.717, 1.165) is 19.3 Å². The topological polar surface area (TPSA) is 80.2 Å². The zero-order chi connectivity index (χ0) is 16.1. The first-order chi connectivity index (χ1) is 10.5. The Kier molecular flexibility index (Phi) is 5.35. The Hall–Kier alpha value is -2.11. The number of hydrogen-bond acceptors (Lipinski definition) is 3. The zero-order valence-corrected chi connectivity index (χ0v) is 13.1. The molecule has 2 rings (SSSR count). The maximum Gasteiger partial charge on any atom is 0.252 e. The number of nitrogens with one attached hydrogen (secondary N) is 2. The van der Waals surface area contributed by atoms with Crippen LogP contribution in [0.3, 0.4) is 0 Å². The average molecular weight is 305 g/mol. The molecule has 2 amide bonds. The van der Waals surface area contributed by atoms with Gasteiger partial charge in [-0.3, -0.25) is 14.4 Å². The van der Waals surface area contributed by atoms with Crippen LogP contribution >= 0.6 is 0 Å². The van der Waals surface area contributed by atoms with Crippen molar-refractivity contribution in [3.63, 3.8) is 0 Å². The summed E-state index contributed by atoms with van der Waals surface area (Å²) in [5, 5.41) is 5.51. The van der Waals surface area contributed by atoms with E-state index in [4.69, 9.17) is 0 Å². The zero-order valence-electron chi connectivity index (χ0n) is 13.1. The number of nitrogens with zero attached hydrogens (tertiary/aromatic N) is 1. The van der Waals surface area contributed by atoms with Gasteiger partial charge in [-0.15, -0.1) is 0 Å². The second-order valence-electron chi connectivity index (χ2n) is 5.90. The molecule has 1 aliphatic rings. The lowest BCUT2D eigenvalue weighted by Crippen LogP contribution is -2.43. The summed E-state index contributed by atoms with van der Waals surface area (Å²) in [6, 6.07) is 2.94. The average Bonchev–Trinajstić information content (AvgIpc) is 2.51. The van der Waals surface area contributed by atoms with E-state index in [1.807, 2.05) is 0 Å². The number of hydrogen-bond donors (Lipinski definition) is 2. The fourth-order valence-corrected chi connectivity index (χ4v) is 2.87. The second-order valence-corrected chi connectivity index (χ2v) is 5.90. The van der Waals surface area contributed by atoms with Crippen molar-refractivity contribution in [1.29, 1.82) is 0 Å². The van der Waals surface area contributed by atoms with Crippen LogP contribution in [-0.2, 0) is 11.3 Å². The third-order valence-corrected chi connectivity index (χ3v) is 4.24. The molecular weight excluding hydrogens is 282 g/mol. The van der Waals surface area contributed by atoms with Gasteiger partial charge < -0.3 is 15.2 Å². The maximum absolute atomic E-state index is 12.2. The number of pyridine rings is 1. The minimum absolute atomic E-state index is 0.0626. The van der Waals surface area contributed by atoms with Crippen LogP contribution in [0.5, 0.6) is 0 Å². The summed E-state index contributed by atoms with van der Waals surface area (Å²) in [5.41, 5.74) is 0.0698. The molecule has 0 saturated heterocycles. The molecule has 1 heterocycles. The van der Waals surface area contributed by atoms with Crippen LogP contribution < -0.4 is 16.2 Å². The van der Waals surface area contributed by atoms with E-state index in [1.165, 1.54) is 36.4 Å². The predicted molar refractivity (Wildman–Crippen MR) is 83.7 cm³/mol. The summed E-state index contributed by atoms with van der Waals surface area (Å²) >= 11 is 0. The summed E-state index contributed by atoms with van der Waals surface area (Å²) in [5.74, 6) is -0.00315. The second kappa shape index (κ2) is 7.24. The van der Waals surface area contributed by atoms with Crippen LogP contribution in [0.15, 0.2) is 23.1 Å². The molecule has 1 aromatic heterocycles. The van der Waals surface area contributed by atoms with Crippen LogP contribution in [0.1, 0.15) is 43.0 Å². The van der Waals surface area contributed by atoms with Crippen molar-refractivity contribution in [2.24, 2.45) is 5.92 Å². The van der Waals surface area contributed by atoms with E-state index in [9.17, 15) is 14.4 Å². The molecule has 22 heavy (non-hydrogen) atoms. The highest BCUT2D eigenvalue weighted by molar-refractivity contribution is 5.93. The fourth-order valence-electron chi connectivity index (χ4n) is 2.87. The number of aromatic nitrogens is 1. The number of carbonyl (C=O) groups is 2. The smallest absolute Gasteiger partial charge is 0.252 e. The van der Waals surface area contributed by atoms with Crippen molar-refractivity contribution in [1.82, 2.24) is 15.2 Å². The predicted octanol–water partition coefficient (Wildman–Crippen LogP) is 0.903. The molecule has 0 spiro atoms. The summed E-state index contributed by atoms with van der Waals surface area (Å²) in [6.07, 6.45) is 5.87. The normalized spacial score (nSPS) is 21.2. The summed E-state index contributed by atoms with van der Waals surface area (Å²) in [7, 11) is 1.52. The van der Waals surface area contributed by atoms with Crippen molar-refractivity contribution < 1.29 is 9.59 Å². The molecule has 0 unspecified atom stereocenters. The van der Waals surface area contributed by atoms with E-state index in [-0.39, 0.29) is 30.0 Å². The van der Waals surface area contributed by atoms with Gasteiger partial charge in [-0.25, -0.2) is 0 Å². The van der Waals surface area contributed by atoms with Gasteiger partial charge in [0, 0.05) is 25.4 Å². The van der Waals surface area contributed by atoms with Gasteiger partial charge in [0.2, 0.25) is 5.91 Å². The van der Waals surface area contributed by atoms with Gasteiger partial charge in [-0.2, -0.15) is 0 Å².